The molecule has 2 aromatic rings. The van der Waals surface area contributed by atoms with Gasteiger partial charge in [-0.3, -0.25) is 4.99 Å². The number of benzene rings is 1. The number of ether oxygens (including phenoxy) is 2. The predicted molar refractivity (Wildman–Crippen MR) is 98.2 cm³/mol. The van der Waals surface area contributed by atoms with E-state index in [1.807, 2.05) is 25.1 Å². The van der Waals surface area contributed by atoms with Crippen LogP contribution in [0, 0.1) is 13.8 Å². The van der Waals surface area contributed by atoms with E-state index in [0.29, 0.717) is 13.1 Å². The Morgan fingerprint density at radius 1 is 1.17 bits per heavy atom. The van der Waals surface area contributed by atoms with Crippen LogP contribution in [0.1, 0.15) is 21.1 Å². The van der Waals surface area contributed by atoms with Gasteiger partial charge in [-0.1, -0.05) is 0 Å². The maximum absolute atomic E-state index is 5.41. The summed E-state index contributed by atoms with van der Waals surface area (Å²) in [7, 11) is 5.04. The highest BCUT2D eigenvalue weighted by Gasteiger charge is 2.07. The van der Waals surface area contributed by atoms with Crippen molar-refractivity contribution in [2.75, 3.05) is 21.3 Å². The number of thiazole rings is 1. The molecule has 6 nitrogen and oxygen atoms in total. The number of hydrogen-bond donors (Lipinski definition) is 2. The standard InChI is InChI=1S/C17H24N4O2S/c1-11-12(2)24-16(21-11)10-20-17(18-3)19-9-13-6-7-14(22-4)8-15(13)23-5/h6-8H,9-10H2,1-5H3,(H2,18,19,20). The third-order valence-electron chi connectivity index (χ3n) is 3.64. The maximum atomic E-state index is 5.41. The summed E-state index contributed by atoms with van der Waals surface area (Å²) >= 11 is 1.70. The number of methoxy groups -OCH3 is 2. The molecule has 0 fully saturated rings. The molecule has 130 valence electrons. The molecule has 0 amide bonds. The number of nitrogens with one attached hydrogen (secondary N) is 2. The first-order valence-electron chi connectivity index (χ1n) is 7.65. The molecule has 0 saturated carbocycles. The third-order valence-corrected chi connectivity index (χ3v) is 4.72. The molecule has 1 aromatic heterocycles. The zero-order valence-corrected chi connectivity index (χ0v) is 15.6. The number of aryl methyl sites for hydroxylation is 2. The van der Waals surface area contributed by atoms with Crippen molar-refractivity contribution in [3.63, 3.8) is 0 Å². The van der Waals surface area contributed by atoms with Crippen LogP contribution in [0.4, 0.5) is 0 Å². The van der Waals surface area contributed by atoms with Crippen LogP contribution < -0.4 is 20.1 Å². The summed E-state index contributed by atoms with van der Waals surface area (Å²) in [6, 6.07) is 5.76. The van der Waals surface area contributed by atoms with E-state index in [0.717, 1.165) is 33.7 Å². The molecular formula is C17H24N4O2S. The summed E-state index contributed by atoms with van der Waals surface area (Å²) in [6.07, 6.45) is 0. The van der Waals surface area contributed by atoms with Gasteiger partial charge < -0.3 is 20.1 Å². The molecule has 24 heavy (non-hydrogen) atoms. The van der Waals surface area contributed by atoms with E-state index in [2.05, 4.69) is 27.5 Å². The van der Waals surface area contributed by atoms with Crippen molar-refractivity contribution in [3.8, 4) is 11.5 Å². The third kappa shape index (κ3) is 4.61. The normalized spacial score (nSPS) is 11.3. The van der Waals surface area contributed by atoms with Crippen LogP contribution in [0.2, 0.25) is 0 Å². The van der Waals surface area contributed by atoms with Gasteiger partial charge in [-0.15, -0.1) is 11.3 Å². The van der Waals surface area contributed by atoms with Crippen LogP contribution in [-0.4, -0.2) is 32.2 Å². The van der Waals surface area contributed by atoms with Crippen molar-refractivity contribution in [2.45, 2.75) is 26.9 Å². The zero-order valence-electron chi connectivity index (χ0n) is 14.8. The first-order valence-corrected chi connectivity index (χ1v) is 8.47. The number of aliphatic imine (C=N–C) groups is 1. The quantitative estimate of drug-likeness (QED) is 0.620. The van der Waals surface area contributed by atoms with E-state index in [4.69, 9.17) is 9.47 Å². The topological polar surface area (TPSA) is 67.8 Å². The zero-order chi connectivity index (χ0) is 17.5. The van der Waals surface area contributed by atoms with Gasteiger partial charge in [0.2, 0.25) is 0 Å². The van der Waals surface area contributed by atoms with Crippen LogP contribution in [0.5, 0.6) is 11.5 Å². The molecule has 0 atom stereocenters. The Labute approximate surface area is 146 Å². The number of rotatable bonds is 6. The fourth-order valence-corrected chi connectivity index (χ4v) is 3.05. The van der Waals surface area contributed by atoms with Crippen molar-refractivity contribution in [1.82, 2.24) is 15.6 Å². The summed E-state index contributed by atoms with van der Waals surface area (Å²) in [5.41, 5.74) is 2.12. The van der Waals surface area contributed by atoms with Crippen LogP contribution in [0.3, 0.4) is 0 Å². The van der Waals surface area contributed by atoms with Gasteiger partial charge in [0.1, 0.15) is 16.5 Å². The molecule has 0 aliphatic heterocycles. The SMILES string of the molecule is CN=C(NCc1nc(C)c(C)s1)NCc1ccc(OC)cc1OC. The van der Waals surface area contributed by atoms with E-state index in [-0.39, 0.29) is 0 Å². The molecular weight excluding hydrogens is 324 g/mol. The second kappa shape index (κ2) is 8.54. The van der Waals surface area contributed by atoms with Gasteiger partial charge in [0, 0.05) is 30.1 Å². The second-order valence-corrected chi connectivity index (χ2v) is 6.49. The van der Waals surface area contributed by atoms with Gasteiger partial charge in [0.05, 0.1) is 26.5 Å². The number of guanidine groups is 1. The summed E-state index contributed by atoms with van der Waals surface area (Å²) < 4.78 is 10.6. The lowest BCUT2D eigenvalue weighted by Crippen LogP contribution is -2.36. The van der Waals surface area contributed by atoms with Gasteiger partial charge in [-0.25, -0.2) is 4.98 Å². The highest BCUT2D eigenvalue weighted by atomic mass is 32.1. The fourth-order valence-electron chi connectivity index (χ4n) is 2.17. The Bertz CT molecular complexity index is 693. The van der Waals surface area contributed by atoms with E-state index in [9.17, 15) is 0 Å². The minimum absolute atomic E-state index is 0.600. The lowest BCUT2D eigenvalue weighted by Gasteiger charge is -2.14. The first-order chi connectivity index (χ1) is 11.6. The van der Waals surface area contributed by atoms with E-state index < -0.39 is 0 Å². The number of hydrogen-bond acceptors (Lipinski definition) is 5. The Balaban J connectivity index is 1.94. The van der Waals surface area contributed by atoms with Crippen molar-refractivity contribution in [2.24, 2.45) is 4.99 Å². The van der Waals surface area contributed by atoms with Crippen molar-refractivity contribution in [1.29, 1.82) is 0 Å². The number of nitrogens with zero attached hydrogens (tertiary/aromatic N) is 2. The molecule has 0 bridgehead atoms. The molecule has 0 aliphatic rings. The monoisotopic (exact) mass is 348 g/mol. The lowest BCUT2D eigenvalue weighted by molar-refractivity contribution is 0.390. The first kappa shape index (κ1) is 18.1. The van der Waals surface area contributed by atoms with Crippen LogP contribution in [0.25, 0.3) is 0 Å². The van der Waals surface area contributed by atoms with Crippen molar-refractivity contribution < 1.29 is 9.47 Å². The van der Waals surface area contributed by atoms with E-state index >= 15 is 0 Å². The Morgan fingerprint density at radius 3 is 2.50 bits per heavy atom. The average Bonchev–Trinajstić information content (AvgIpc) is 2.93. The van der Waals surface area contributed by atoms with Crippen molar-refractivity contribution in [3.05, 3.63) is 39.3 Å². The van der Waals surface area contributed by atoms with Gasteiger partial charge in [-0.2, -0.15) is 0 Å². The average molecular weight is 348 g/mol. The lowest BCUT2D eigenvalue weighted by atomic mass is 10.2. The second-order valence-electron chi connectivity index (χ2n) is 5.21. The largest absolute Gasteiger partial charge is 0.497 e. The summed E-state index contributed by atoms with van der Waals surface area (Å²) in [5.74, 6) is 2.27. The summed E-state index contributed by atoms with van der Waals surface area (Å²) in [4.78, 5) is 10.0. The van der Waals surface area contributed by atoms with Gasteiger partial charge in [0.15, 0.2) is 5.96 Å². The van der Waals surface area contributed by atoms with Crippen LogP contribution in [0.15, 0.2) is 23.2 Å². The molecule has 0 radical (unpaired) electrons. The highest BCUT2D eigenvalue weighted by molar-refractivity contribution is 7.11. The molecule has 0 aliphatic carbocycles. The molecule has 0 saturated heterocycles. The molecule has 1 aromatic carbocycles. The summed E-state index contributed by atoms with van der Waals surface area (Å²) in [6.45, 7) is 5.36. The van der Waals surface area contributed by atoms with Gasteiger partial charge >= 0.3 is 0 Å². The molecule has 2 rings (SSSR count). The molecule has 2 N–H and O–H groups in total. The van der Waals surface area contributed by atoms with E-state index in [1.54, 1.807) is 32.6 Å². The van der Waals surface area contributed by atoms with Crippen molar-refractivity contribution >= 4 is 17.3 Å². The minimum Gasteiger partial charge on any atom is -0.497 e. The van der Waals surface area contributed by atoms with Crippen LogP contribution >= 0.6 is 11.3 Å². The highest BCUT2D eigenvalue weighted by Crippen LogP contribution is 2.24. The van der Waals surface area contributed by atoms with Crippen LogP contribution in [-0.2, 0) is 13.1 Å². The smallest absolute Gasteiger partial charge is 0.191 e. The molecule has 1 heterocycles. The minimum atomic E-state index is 0.600. The van der Waals surface area contributed by atoms with Gasteiger partial charge in [0.25, 0.3) is 0 Å². The molecule has 0 unspecified atom stereocenters. The maximum Gasteiger partial charge on any atom is 0.191 e. The predicted octanol–water partition coefficient (Wildman–Crippen LogP) is 2.64. The molecule has 7 heteroatoms. The van der Waals surface area contributed by atoms with E-state index in [1.165, 1.54) is 4.88 Å². The molecule has 0 spiro atoms. The Kier molecular flexibility index (Phi) is 6.43. The Hall–Kier alpha value is -2.28. The Morgan fingerprint density at radius 2 is 1.92 bits per heavy atom. The summed E-state index contributed by atoms with van der Waals surface area (Å²) in [5, 5.41) is 7.61. The fraction of sp³-hybridized carbons (Fsp3) is 0.412. The van der Waals surface area contributed by atoms with Gasteiger partial charge in [-0.05, 0) is 26.0 Å². The number of aromatic nitrogens is 1.